The van der Waals surface area contributed by atoms with Gasteiger partial charge in [-0.25, -0.2) is 0 Å². The zero-order valence-electron chi connectivity index (χ0n) is 10.7. The van der Waals surface area contributed by atoms with Crippen LogP contribution in [0, 0.1) is 0 Å². The summed E-state index contributed by atoms with van der Waals surface area (Å²) in [6, 6.07) is 7.33. The fourth-order valence-corrected chi connectivity index (χ4v) is 2.66. The van der Waals surface area contributed by atoms with Gasteiger partial charge < -0.3 is 9.47 Å². The van der Waals surface area contributed by atoms with Crippen LogP contribution in [0.25, 0.3) is 0 Å². The Bertz CT molecular complexity index is 411. The molecule has 1 fully saturated rings. The standard InChI is InChI=1S/C14H18O3S/c1-10(2)17-12-5-3-4-11(8-12)14(15)13-9-18-7-6-16-13/h3-5,8,10,13H,6-7,9H2,1-2H3. The van der Waals surface area contributed by atoms with Gasteiger partial charge in [0.05, 0.1) is 12.7 Å². The predicted molar refractivity (Wildman–Crippen MR) is 73.6 cm³/mol. The molecule has 4 heteroatoms. The molecular formula is C14H18O3S. The lowest BCUT2D eigenvalue weighted by Crippen LogP contribution is -2.31. The molecule has 1 unspecified atom stereocenters. The monoisotopic (exact) mass is 266 g/mol. The first-order valence-electron chi connectivity index (χ1n) is 6.17. The summed E-state index contributed by atoms with van der Waals surface area (Å²) in [5, 5.41) is 0. The highest BCUT2D eigenvalue weighted by molar-refractivity contribution is 7.99. The minimum atomic E-state index is -0.307. The Morgan fingerprint density at radius 1 is 1.50 bits per heavy atom. The van der Waals surface area contributed by atoms with Gasteiger partial charge in [0.15, 0.2) is 5.78 Å². The predicted octanol–water partition coefficient (Wildman–Crippen LogP) is 2.79. The maximum Gasteiger partial charge on any atom is 0.192 e. The largest absolute Gasteiger partial charge is 0.491 e. The highest BCUT2D eigenvalue weighted by Crippen LogP contribution is 2.20. The number of Topliss-reactive ketones (excluding diaryl/α,β-unsaturated/α-hetero) is 1. The van der Waals surface area contributed by atoms with Crippen LogP contribution in [-0.2, 0) is 4.74 Å². The molecule has 3 nitrogen and oxygen atoms in total. The summed E-state index contributed by atoms with van der Waals surface area (Å²) in [6.45, 7) is 4.59. The number of rotatable bonds is 4. The Labute approximate surface area is 112 Å². The lowest BCUT2D eigenvalue weighted by molar-refractivity contribution is 0.0518. The van der Waals surface area contributed by atoms with Crippen molar-refractivity contribution in [2.45, 2.75) is 26.1 Å². The average molecular weight is 266 g/mol. The minimum absolute atomic E-state index is 0.0522. The van der Waals surface area contributed by atoms with E-state index in [1.165, 1.54) is 0 Å². The van der Waals surface area contributed by atoms with Crippen LogP contribution in [0.2, 0.25) is 0 Å². The molecule has 1 aromatic carbocycles. The van der Waals surface area contributed by atoms with E-state index in [0.717, 1.165) is 17.3 Å². The smallest absolute Gasteiger partial charge is 0.192 e. The third-order valence-electron chi connectivity index (χ3n) is 2.60. The van der Waals surface area contributed by atoms with Gasteiger partial charge in [0.2, 0.25) is 0 Å². The van der Waals surface area contributed by atoms with E-state index in [1.54, 1.807) is 17.8 Å². The van der Waals surface area contributed by atoms with Crippen molar-refractivity contribution < 1.29 is 14.3 Å². The molecule has 18 heavy (non-hydrogen) atoms. The first kappa shape index (κ1) is 13.4. The second kappa shape index (κ2) is 6.25. The molecule has 0 bridgehead atoms. The van der Waals surface area contributed by atoms with Crippen molar-refractivity contribution in [3.63, 3.8) is 0 Å². The summed E-state index contributed by atoms with van der Waals surface area (Å²) in [4.78, 5) is 12.2. The Morgan fingerprint density at radius 3 is 3.00 bits per heavy atom. The fraction of sp³-hybridized carbons (Fsp3) is 0.500. The molecule has 1 aliphatic rings. The number of hydrogen-bond acceptors (Lipinski definition) is 4. The summed E-state index contributed by atoms with van der Waals surface area (Å²) in [5.41, 5.74) is 0.667. The molecule has 98 valence electrons. The molecule has 1 saturated heterocycles. The Hall–Kier alpha value is -1.00. The molecular weight excluding hydrogens is 248 g/mol. The molecule has 0 aliphatic carbocycles. The van der Waals surface area contributed by atoms with Crippen molar-refractivity contribution in [3.05, 3.63) is 29.8 Å². The van der Waals surface area contributed by atoms with Crippen LogP contribution >= 0.6 is 11.8 Å². The molecule has 0 aromatic heterocycles. The first-order valence-corrected chi connectivity index (χ1v) is 7.32. The van der Waals surface area contributed by atoms with Crippen LogP contribution in [-0.4, -0.2) is 36.1 Å². The maximum absolute atomic E-state index is 12.2. The molecule has 0 spiro atoms. The van der Waals surface area contributed by atoms with Crippen molar-refractivity contribution >= 4 is 17.5 Å². The number of benzene rings is 1. The van der Waals surface area contributed by atoms with E-state index in [2.05, 4.69) is 0 Å². The van der Waals surface area contributed by atoms with Gasteiger partial charge >= 0.3 is 0 Å². The summed E-state index contributed by atoms with van der Waals surface area (Å²) in [5.74, 6) is 2.50. The molecule has 0 amide bonds. The summed E-state index contributed by atoms with van der Waals surface area (Å²) in [6.07, 6.45) is -0.199. The molecule has 1 atom stereocenters. The molecule has 1 aliphatic heterocycles. The highest BCUT2D eigenvalue weighted by atomic mass is 32.2. The van der Waals surface area contributed by atoms with E-state index >= 15 is 0 Å². The van der Waals surface area contributed by atoms with Gasteiger partial charge in [-0.05, 0) is 26.0 Å². The van der Waals surface area contributed by atoms with Crippen molar-refractivity contribution in [1.29, 1.82) is 0 Å². The van der Waals surface area contributed by atoms with Crippen molar-refractivity contribution in [1.82, 2.24) is 0 Å². The van der Waals surface area contributed by atoms with Gasteiger partial charge in [-0.3, -0.25) is 4.79 Å². The first-order chi connectivity index (χ1) is 8.66. The van der Waals surface area contributed by atoms with E-state index < -0.39 is 0 Å². The summed E-state index contributed by atoms with van der Waals surface area (Å²) >= 11 is 1.76. The van der Waals surface area contributed by atoms with E-state index in [-0.39, 0.29) is 18.0 Å². The van der Waals surface area contributed by atoms with Crippen LogP contribution in [0.5, 0.6) is 5.75 Å². The minimum Gasteiger partial charge on any atom is -0.491 e. The number of ether oxygens (including phenoxy) is 2. The molecule has 0 saturated carbocycles. The number of carbonyl (C=O) groups is 1. The van der Waals surface area contributed by atoms with E-state index in [1.807, 2.05) is 32.0 Å². The SMILES string of the molecule is CC(C)Oc1cccc(C(=O)C2CSCCO2)c1. The van der Waals surface area contributed by atoms with E-state index in [9.17, 15) is 4.79 Å². The zero-order chi connectivity index (χ0) is 13.0. The zero-order valence-corrected chi connectivity index (χ0v) is 11.5. The normalized spacial score (nSPS) is 19.8. The quantitative estimate of drug-likeness (QED) is 0.785. The lowest BCUT2D eigenvalue weighted by atomic mass is 10.1. The Morgan fingerprint density at radius 2 is 2.33 bits per heavy atom. The van der Waals surface area contributed by atoms with Gasteiger partial charge in [0.25, 0.3) is 0 Å². The third-order valence-corrected chi connectivity index (χ3v) is 3.59. The second-order valence-electron chi connectivity index (χ2n) is 4.49. The van der Waals surface area contributed by atoms with E-state index in [0.29, 0.717) is 12.2 Å². The second-order valence-corrected chi connectivity index (χ2v) is 5.64. The number of hydrogen-bond donors (Lipinski definition) is 0. The van der Waals surface area contributed by atoms with Crippen LogP contribution in [0.4, 0.5) is 0 Å². The highest BCUT2D eigenvalue weighted by Gasteiger charge is 2.23. The molecule has 1 aromatic rings. The van der Waals surface area contributed by atoms with Crippen molar-refractivity contribution in [2.75, 3.05) is 18.1 Å². The van der Waals surface area contributed by atoms with Gasteiger partial charge in [0, 0.05) is 17.1 Å². The Balaban J connectivity index is 2.09. The molecule has 2 rings (SSSR count). The molecule has 1 heterocycles. The van der Waals surface area contributed by atoms with Crippen LogP contribution in [0.1, 0.15) is 24.2 Å². The van der Waals surface area contributed by atoms with Crippen molar-refractivity contribution in [3.8, 4) is 5.75 Å². The molecule has 0 radical (unpaired) electrons. The number of ketones is 1. The van der Waals surface area contributed by atoms with Gasteiger partial charge in [0.1, 0.15) is 11.9 Å². The Kier molecular flexibility index (Phi) is 4.66. The third kappa shape index (κ3) is 3.50. The molecule has 0 N–H and O–H groups in total. The maximum atomic E-state index is 12.2. The average Bonchev–Trinajstić information content (AvgIpc) is 2.38. The van der Waals surface area contributed by atoms with Gasteiger partial charge in [-0.1, -0.05) is 12.1 Å². The lowest BCUT2D eigenvalue weighted by Gasteiger charge is -2.21. The van der Waals surface area contributed by atoms with Gasteiger partial charge in [-0.2, -0.15) is 11.8 Å². The summed E-state index contributed by atoms with van der Waals surface area (Å²) < 4.78 is 11.1. The number of carbonyl (C=O) groups excluding carboxylic acids is 1. The van der Waals surface area contributed by atoms with Crippen LogP contribution < -0.4 is 4.74 Å². The summed E-state index contributed by atoms with van der Waals surface area (Å²) in [7, 11) is 0. The van der Waals surface area contributed by atoms with E-state index in [4.69, 9.17) is 9.47 Å². The topological polar surface area (TPSA) is 35.5 Å². The van der Waals surface area contributed by atoms with Crippen LogP contribution in [0.15, 0.2) is 24.3 Å². The van der Waals surface area contributed by atoms with Gasteiger partial charge in [-0.15, -0.1) is 0 Å². The fourth-order valence-electron chi connectivity index (χ4n) is 1.82. The van der Waals surface area contributed by atoms with Crippen molar-refractivity contribution in [2.24, 2.45) is 0 Å². The van der Waals surface area contributed by atoms with Crippen LogP contribution in [0.3, 0.4) is 0 Å². The number of thioether (sulfide) groups is 1.